The average Bonchev–Trinajstić information content (AvgIpc) is 2.94. The van der Waals surface area contributed by atoms with Crippen LogP contribution >= 0.6 is 0 Å². The van der Waals surface area contributed by atoms with Crippen molar-refractivity contribution in [3.05, 3.63) is 18.2 Å². The van der Waals surface area contributed by atoms with E-state index < -0.39 is 0 Å². The number of hydrogen-bond acceptors (Lipinski definition) is 2. The summed E-state index contributed by atoms with van der Waals surface area (Å²) in [7, 11) is 1.82. The van der Waals surface area contributed by atoms with Gasteiger partial charge >= 0.3 is 0 Å². The van der Waals surface area contributed by atoms with Gasteiger partial charge in [-0.25, -0.2) is 4.98 Å². The van der Waals surface area contributed by atoms with Crippen molar-refractivity contribution in [1.82, 2.24) is 20.2 Å². The standard InChI is InChI=1S/C18H35N5/c1-6-7-8-9-10-16(4)22-18(19-5)21-13-17-20-11-12-23(17)14-15(2)3/h11-12,15-16H,6-10,13-14H2,1-5H3,(H2,19,21,22). The van der Waals surface area contributed by atoms with Gasteiger partial charge in [0, 0.05) is 32.0 Å². The highest BCUT2D eigenvalue weighted by Crippen LogP contribution is 2.06. The van der Waals surface area contributed by atoms with E-state index >= 15 is 0 Å². The SMILES string of the molecule is CCCCCCC(C)NC(=NC)NCc1nccn1CC(C)C. The Hall–Kier alpha value is -1.52. The van der Waals surface area contributed by atoms with E-state index in [0.29, 0.717) is 18.5 Å². The van der Waals surface area contributed by atoms with Crippen LogP contribution in [0.25, 0.3) is 0 Å². The highest BCUT2D eigenvalue weighted by atomic mass is 15.2. The van der Waals surface area contributed by atoms with E-state index in [2.05, 4.69) is 52.9 Å². The van der Waals surface area contributed by atoms with E-state index in [0.717, 1.165) is 18.3 Å². The van der Waals surface area contributed by atoms with Crippen molar-refractivity contribution in [3.8, 4) is 0 Å². The molecule has 0 spiro atoms. The highest BCUT2D eigenvalue weighted by molar-refractivity contribution is 5.79. The Labute approximate surface area is 142 Å². The lowest BCUT2D eigenvalue weighted by molar-refractivity contribution is 0.501. The van der Waals surface area contributed by atoms with Gasteiger partial charge in [-0.05, 0) is 19.3 Å². The van der Waals surface area contributed by atoms with E-state index in [4.69, 9.17) is 0 Å². The molecule has 1 aromatic rings. The van der Waals surface area contributed by atoms with E-state index in [1.54, 1.807) is 0 Å². The van der Waals surface area contributed by atoms with Gasteiger partial charge in [0.25, 0.3) is 0 Å². The van der Waals surface area contributed by atoms with Crippen LogP contribution in [-0.4, -0.2) is 28.6 Å². The molecule has 0 aromatic carbocycles. The first-order valence-electron chi connectivity index (χ1n) is 9.04. The summed E-state index contributed by atoms with van der Waals surface area (Å²) in [5, 5.41) is 6.84. The summed E-state index contributed by atoms with van der Waals surface area (Å²) in [4.78, 5) is 8.76. The van der Waals surface area contributed by atoms with Gasteiger partial charge in [0.1, 0.15) is 5.82 Å². The topological polar surface area (TPSA) is 54.2 Å². The predicted molar refractivity (Wildman–Crippen MR) is 98.6 cm³/mol. The van der Waals surface area contributed by atoms with Crippen LogP contribution in [0.5, 0.6) is 0 Å². The average molecular weight is 322 g/mol. The molecule has 1 rings (SSSR count). The third-order valence-corrected chi connectivity index (χ3v) is 3.87. The molecule has 0 aliphatic carbocycles. The maximum Gasteiger partial charge on any atom is 0.191 e. The smallest absolute Gasteiger partial charge is 0.191 e. The minimum Gasteiger partial charge on any atom is -0.354 e. The molecule has 1 unspecified atom stereocenters. The van der Waals surface area contributed by atoms with E-state index in [1.165, 1.54) is 32.1 Å². The summed E-state index contributed by atoms with van der Waals surface area (Å²) in [6, 6.07) is 0.438. The first-order valence-corrected chi connectivity index (χ1v) is 9.04. The molecular formula is C18H35N5. The molecule has 23 heavy (non-hydrogen) atoms. The second-order valence-electron chi connectivity index (χ2n) is 6.71. The first-order chi connectivity index (χ1) is 11.1. The maximum absolute atomic E-state index is 4.44. The maximum atomic E-state index is 4.44. The number of hydrogen-bond donors (Lipinski definition) is 2. The van der Waals surface area contributed by atoms with Crippen LogP contribution in [0.4, 0.5) is 0 Å². The number of nitrogens with zero attached hydrogens (tertiary/aromatic N) is 3. The molecule has 5 heteroatoms. The van der Waals surface area contributed by atoms with E-state index in [1.807, 2.05) is 19.4 Å². The molecule has 0 saturated carbocycles. The molecular weight excluding hydrogens is 286 g/mol. The quantitative estimate of drug-likeness (QED) is 0.393. The lowest BCUT2D eigenvalue weighted by atomic mass is 10.1. The van der Waals surface area contributed by atoms with Crippen molar-refractivity contribution in [2.75, 3.05) is 7.05 Å². The van der Waals surface area contributed by atoms with Gasteiger partial charge in [-0.1, -0.05) is 46.5 Å². The van der Waals surface area contributed by atoms with Gasteiger partial charge in [0.2, 0.25) is 0 Å². The Morgan fingerprint density at radius 1 is 1.26 bits per heavy atom. The van der Waals surface area contributed by atoms with Crippen molar-refractivity contribution in [3.63, 3.8) is 0 Å². The molecule has 0 amide bonds. The first kappa shape index (κ1) is 19.5. The lowest BCUT2D eigenvalue weighted by Gasteiger charge is -2.18. The zero-order valence-electron chi connectivity index (χ0n) is 15.6. The molecule has 0 fully saturated rings. The van der Waals surface area contributed by atoms with Crippen LogP contribution in [0.1, 0.15) is 65.6 Å². The Kier molecular flexibility index (Phi) is 9.41. The molecule has 0 radical (unpaired) electrons. The normalized spacial score (nSPS) is 13.4. The molecule has 0 bridgehead atoms. The molecule has 5 nitrogen and oxygen atoms in total. The number of guanidine groups is 1. The van der Waals surface area contributed by atoms with Gasteiger partial charge < -0.3 is 15.2 Å². The number of unbranched alkanes of at least 4 members (excludes halogenated alkanes) is 3. The van der Waals surface area contributed by atoms with Crippen molar-refractivity contribution in [1.29, 1.82) is 0 Å². The Balaban J connectivity index is 2.38. The highest BCUT2D eigenvalue weighted by Gasteiger charge is 2.08. The van der Waals surface area contributed by atoms with Crippen molar-refractivity contribution in [2.24, 2.45) is 10.9 Å². The van der Waals surface area contributed by atoms with Gasteiger partial charge in [0.05, 0.1) is 6.54 Å². The Morgan fingerprint density at radius 2 is 2.04 bits per heavy atom. The fourth-order valence-corrected chi connectivity index (χ4v) is 2.61. The zero-order valence-corrected chi connectivity index (χ0v) is 15.6. The van der Waals surface area contributed by atoms with Crippen LogP contribution in [0.2, 0.25) is 0 Å². The summed E-state index contributed by atoms with van der Waals surface area (Å²) in [6.45, 7) is 10.6. The lowest BCUT2D eigenvalue weighted by Crippen LogP contribution is -2.42. The fourth-order valence-electron chi connectivity index (χ4n) is 2.61. The monoisotopic (exact) mass is 321 g/mol. The predicted octanol–water partition coefficient (Wildman–Crippen LogP) is 3.56. The van der Waals surface area contributed by atoms with Crippen molar-refractivity contribution >= 4 is 5.96 Å². The van der Waals surface area contributed by atoms with Crippen LogP contribution in [0.15, 0.2) is 17.4 Å². The summed E-state index contributed by atoms with van der Waals surface area (Å²) in [5.41, 5.74) is 0. The number of aromatic nitrogens is 2. The molecule has 2 N–H and O–H groups in total. The van der Waals surface area contributed by atoms with Gasteiger partial charge in [-0.15, -0.1) is 0 Å². The fraction of sp³-hybridized carbons (Fsp3) is 0.778. The van der Waals surface area contributed by atoms with Crippen LogP contribution in [0.3, 0.4) is 0 Å². The summed E-state index contributed by atoms with van der Waals surface area (Å²) < 4.78 is 2.21. The van der Waals surface area contributed by atoms with Crippen LogP contribution in [0, 0.1) is 5.92 Å². The zero-order chi connectivity index (χ0) is 17.1. The molecule has 1 atom stereocenters. The number of aliphatic imine (C=N–C) groups is 1. The summed E-state index contributed by atoms with van der Waals surface area (Å²) in [5.74, 6) is 2.52. The number of nitrogens with one attached hydrogen (secondary N) is 2. The minimum atomic E-state index is 0.438. The third kappa shape index (κ3) is 8.05. The second kappa shape index (κ2) is 11.1. The number of imidazole rings is 1. The van der Waals surface area contributed by atoms with Crippen molar-refractivity contribution in [2.45, 2.75) is 78.9 Å². The second-order valence-corrected chi connectivity index (χ2v) is 6.71. The molecule has 0 aliphatic rings. The summed E-state index contributed by atoms with van der Waals surface area (Å²) in [6.07, 6.45) is 10.3. The van der Waals surface area contributed by atoms with Crippen LogP contribution < -0.4 is 10.6 Å². The molecule has 0 saturated heterocycles. The molecule has 0 aliphatic heterocycles. The van der Waals surface area contributed by atoms with Gasteiger partial charge in [-0.2, -0.15) is 0 Å². The van der Waals surface area contributed by atoms with Gasteiger partial charge in [-0.3, -0.25) is 4.99 Å². The van der Waals surface area contributed by atoms with E-state index in [9.17, 15) is 0 Å². The minimum absolute atomic E-state index is 0.438. The van der Waals surface area contributed by atoms with E-state index in [-0.39, 0.29) is 0 Å². The molecule has 132 valence electrons. The summed E-state index contributed by atoms with van der Waals surface area (Å²) >= 11 is 0. The molecule has 1 aromatic heterocycles. The molecule has 1 heterocycles. The number of rotatable bonds is 10. The largest absolute Gasteiger partial charge is 0.354 e. The van der Waals surface area contributed by atoms with Gasteiger partial charge in [0.15, 0.2) is 5.96 Å². The Bertz CT molecular complexity index is 450. The van der Waals surface area contributed by atoms with Crippen molar-refractivity contribution < 1.29 is 0 Å². The Morgan fingerprint density at radius 3 is 2.70 bits per heavy atom. The van der Waals surface area contributed by atoms with Crippen LogP contribution in [-0.2, 0) is 13.1 Å². The third-order valence-electron chi connectivity index (χ3n) is 3.87.